The van der Waals surface area contributed by atoms with Crippen LogP contribution < -0.4 is 0 Å². The Morgan fingerprint density at radius 1 is 1.50 bits per heavy atom. The summed E-state index contributed by atoms with van der Waals surface area (Å²) in [7, 11) is 5.17. The third-order valence-electron chi connectivity index (χ3n) is 1.28. The first kappa shape index (κ1) is 7.46. The van der Waals surface area contributed by atoms with Crippen LogP contribution in [0.3, 0.4) is 0 Å². The van der Waals surface area contributed by atoms with E-state index in [1.54, 1.807) is 0 Å². The summed E-state index contributed by atoms with van der Waals surface area (Å²) in [5, 5.41) is 0.655. The molecular formula is C8H6BCl. The first-order chi connectivity index (χ1) is 4.74. The van der Waals surface area contributed by atoms with Gasteiger partial charge >= 0.3 is 66.0 Å². The van der Waals surface area contributed by atoms with Crippen LogP contribution in [0.15, 0.2) is 18.2 Å². The number of hydrogen-bond donors (Lipinski definition) is 0. The second kappa shape index (κ2) is 2.96. The number of benzene rings is 1. The van der Waals surface area contributed by atoms with Crippen molar-refractivity contribution in [1.29, 1.82) is 0 Å². The second-order valence-electron chi connectivity index (χ2n) is 2.13. The summed E-state index contributed by atoms with van der Waals surface area (Å²) in [6, 6.07) is 5.65. The second-order valence-corrected chi connectivity index (χ2v) is 2.53. The molecule has 1 aromatic rings. The van der Waals surface area contributed by atoms with E-state index in [2.05, 4.69) is 5.80 Å². The third-order valence-corrected chi connectivity index (χ3v) is 1.59. The van der Waals surface area contributed by atoms with Crippen LogP contribution in [0.25, 0.3) is 0 Å². The Labute approximate surface area is 66.6 Å². The quantitative estimate of drug-likeness (QED) is 0.495. The molecule has 0 radical (unpaired) electrons. The topological polar surface area (TPSA) is 0 Å². The minimum absolute atomic E-state index is 0.655. The molecule has 0 amide bonds. The maximum absolute atomic E-state index is 5.79. The van der Waals surface area contributed by atoms with Crippen LogP contribution in [0.5, 0.6) is 0 Å². The molecule has 2 heteroatoms. The van der Waals surface area contributed by atoms with Gasteiger partial charge in [0.2, 0.25) is 0 Å². The van der Waals surface area contributed by atoms with E-state index in [0.717, 1.165) is 11.1 Å². The van der Waals surface area contributed by atoms with E-state index >= 15 is 0 Å². The van der Waals surface area contributed by atoms with Crippen molar-refractivity contribution in [1.82, 2.24) is 0 Å². The minimum atomic E-state index is 0.655. The van der Waals surface area contributed by atoms with E-state index in [4.69, 9.17) is 18.9 Å². The number of halogens is 1. The predicted molar refractivity (Wildman–Crippen MR) is 44.9 cm³/mol. The number of aryl methyl sites for hydroxylation is 1. The van der Waals surface area contributed by atoms with Gasteiger partial charge < -0.3 is 0 Å². The van der Waals surface area contributed by atoms with Crippen molar-refractivity contribution in [2.75, 3.05) is 0 Å². The van der Waals surface area contributed by atoms with Gasteiger partial charge in [-0.05, 0) is 0 Å². The summed E-state index contributed by atoms with van der Waals surface area (Å²) in [5.41, 5.74) is 1.89. The zero-order valence-corrected chi connectivity index (χ0v) is 6.44. The first-order valence-electron chi connectivity index (χ1n) is 2.97. The monoisotopic (exact) mass is 148 g/mol. The van der Waals surface area contributed by atoms with Gasteiger partial charge in [0.1, 0.15) is 0 Å². The summed E-state index contributed by atoms with van der Waals surface area (Å²) < 4.78 is 0. The van der Waals surface area contributed by atoms with Gasteiger partial charge in [-0.15, -0.1) is 0 Å². The average molecular weight is 148 g/mol. The molecule has 0 aliphatic rings. The summed E-state index contributed by atoms with van der Waals surface area (Å²) in [5.74, 6) is 2.49. The van der Waals surface area contributed by atoms with Gasteiger partial charge in [-0.1, -0.05) is 0 Å². The molecule has 0 saturated carbocycles. The molecule has 0 bridgehead atoms. The van der Waals surface area contributed by atoms with Gasteiger partial charge in [0.25, 0.3) is 0 Å². The van der Waals surface area contributed by atoms with Gasteiger partial charge in [0.15, 0.2) is 0 Å². The average Bonchev–Trinajstić information content (AvgIpc) is 1.88. The van der Waals surface area contributed by atoms with E-state index in [1.165, 1.54) is 0 Å². The van der Waals surface area contributed by atoms with Crippen LogP contribution in [-0.2, 0) is 0 Å². The fourth-order valence-corrected chi connectivity index (χ4v) is 1.03. The first-order valence-corrected chi connectivity index (χ1v) is 3.34. The third kappa shape index (κ3) is 1.44. The molecule has 0 aliphatic carbocycles. The zero-order chi connectivity index (χ0) is 7.56. The molecular weight excluding hydrogens is 142 g/mol. The van der Waals surface area contributed by atoms with Crippen LogP contribution in [0, 0.1) is 12.7 Å². The van der Waals surface area contributed by atoms with E-state index < -0.39 is 0 Å². The molecule has 0 aromatic heterocycles. The number of hydrogen-bond acceptors (Lipinski definition) is 0. The van der Waals surface area contributed by atoms with E-state index in [-0.39, 0.29) is 0 Å². The molecule has 0 fully saturated rings. The molecule has 48 valence electrons. The van der Waals surface area contributed by atoms with E-state index in [9.17, 15) is 0 Å². The van der Waals surface area contributed by atoms with Crippen LogP contribution in [0.4, 0.5) is 0 Å². The van der Waals surface area contributed by atoms with Gasteiger partial charge in [0, 0.05) is 0 Å². The number of rotatable bonds is 0. The standard InChI is InChI=1S/C8H6BCl/c1-6-2-3-7(5-9)8(10)4-6/h2-4H,1H3. The van der Waals surface area contributed by atoms with E-state index in [0.29, 0.717) is 5.02 Å². The van der Waals surface area contributed by atoms with Crippen LogP contribution in [0.1, 0.15) is 11.1 Å². The molecule has 0 heterocycles. The fourth-order valence-electron chi connectivity index (χ4n) is 0.737. The van der Waals surface area contributed by atoms with Crippen molar-refractivity contribution >= 4 is 18.9 Å². The van der Waals surface area contributed by atoms with Gasteiger partial charge in [-0.25, -0.2) is 0 Å². The SMILES string of the molecule is B#Cc1ccc(C)cc1Cl. The molecule has 1 rings (SSSR count). The normalized spacial score (nSPS) is 9.20. The van der Waals surface area contributed by atoms with Crippen molar-refractivity contribution in [3.63, 3.8) is 0 Å². The van der Waals surface area contributed by atoms with Crippen LogP contribution in [-0.4, -0.2) is 7.33 Å². The van der Waals surface area contributed by atoms with Crippen LogP contribution >= 0.6 is 11.6 Å². The Morgan fingerprint density at radius 2 is 2.20 bits per heavy atom. The Kier molecular flexibility index (Phi) is 2.21. The molecule has 0 N–H and O–H groups in total. The Bertz CT molecular complexity index is 286. The van der Waals surface area contributed by atoms with Gasteiger partial charge in [-0.3, -0.25) is 0 Å². The van der Waals surface area contributed by atoms with E-state index in [1.807, 2.05) is 25.1 Å². The Morgan fingerprint density at radius 3 is 2.70 bits per heavy atom. The van der Waals surface area contributed by atoms with Crippen molar-refractivity contribution in [2.24, 2.45) is 0 Å². The van der Waals surface area contributed by atoms with Gasteiger partial charge in [0.05, 0.1) is 0 Å². The molecule has 0 aliphatic heterocycles. The Hall–Kier alpha value is -0.645. The fraction of sp³-hybridized carbons (Fsp3) is 0.125. The molecule has 0 atom stereocenters. The van der Waals surface area contributed by atoms with Crippen molar-refractivity contribution in [3.05, 3.63) is 34.3 Å². The summed E-state index contributed by atoms with van der Waals surface area (Å²) >= 11 is 5.79. The molecule has 0 nitrogen and oxygen atoms in total. The summed E-state index contributed by atoms with van der Waals surface area (Å²) in [6.45, 7) is 1.98. The summed E-state index contributed by atoms with van der Waals surface area (Å²) in [6.07, 6.45) is 0. The van der Waals surface area contributed by atoms with Crippen molar-refractivity contribution in [2.45, 2.75) is 6.92 Å². The van der Waals surface area contributed by atoms with Crippen LogP contribution in [0.2, 0.25) is 5.02 Å². The van der Waals surface area contributed by atoms with Gasteiger partial charge in [-0.2, -0.15) is 0 Å². The molecule has 0 saturated heterocycles. The molecule has 1 aromatic carbocycles. The Balaban J connectivity index is 3.23. The predicted octanol–water partition coefficient (Wildman–Crippen LogP) is 2.12. The van der Waals surface area contributed by atoms with Crippen molar-refractivity contribution < 1.29 is 0 Å². The maximum atomic E-state index is 5.79. The molecule has 10 heavy (non-hydrogen) atoms. The summed E-state index contributed by atoms with van der Waals surface area (Å²) in [4.78, 5) is 0. The van der Waals surface area contributed by atoms with Crippen molar-refractivity contribution in [3.8, 4) is 5.80 Å². The molecule has 0 unspecified atom stereocenters. The molecule has 0 spiro atoms. The zero-order valence-electron chi connectivity index (χ0n) is 5.69.